The van der Waals surface area contributed by atoms with Crippen molar-refractivity contribution in [3.8, 4) is 11.5 Å². The highest BCUT2D eigenvalue weighted by molar-refractivity contribution is 5.98. The minimum absolute atomic E-state index is 0.0658. The molecule has 2 heterocycles. The van der Waals surface area contributed by atoms with Crippen LogP contribution in [0.5, 0.6) is 11.5 Å². The van der Waals surface area contributed by atoms with Gasteiger partial charge in [-0.15, -0.1) is 0 Å². The number of nitrogens with one attached hydrogen (secondary N) is 2. The number of anilines is 2. The molecule has 1 aliphatic heterocycles. The molecule has 136 valence electrons. The molecule has 2 N–H and O–H groups in total. The molecule has 0 radical (unpaired) electrons. The molecule has 2 aromatic rings. The van der Waals surface area contributed by atoms with Gasteiger partial charge in [0, 0.05) is 30.9 Å². The lowest BCUT2D eigenvalue weighted by atomic mass is 10.2. The van der Waals surface area contributed by atoms with Crippen LogP contribution in [0.3, 0.4) is 0 Å². The maximum atomic E-state index is 12.4. The smallest absolute Gasteiger partial charge is 0.319 e. The van der Waals surface area contributed by atoms with Crippen LogP contribution in [-0.2, 0) is 4.79 Å². The van der Waals surface area contributed by atoms with Crippen molar-refractivity contribution in [3.63, 3.8) is 0 Å². The first kappa shape index (κ1) is 17.5. The minimum atomic E-state index is -0.370. The van der Waals surface area contributed by atoms with E-state index in [0.717, 1.165) is 0 Å². The average Bonchev–Trinajstić information content (AvgIpc) is 3.01. The van der Waals surface area contributed by atoms with Gasteiger partial charge in [-0.2, -0.15) is 0 Å². The highest BCUT2D eigenvalue weighted by Gasteiger charge is 2.32. The number of urea groups is 1. The Labute approximate surface area is 151 Å². The van der Waals surface area contributed by atoms with E-state index < -0.39 is 0 Å². The van der Waals surface area contributed by atoms with Gasteiger partial charge in [0.1, 0.15) is 0 Å². The van der Waals surface area contributed by atoms with Crippen molar-refractivity contribution in [1.29, 1.82) is 0 Å². The second-order valence-corrected chi connectivity index (χ2v) is 5.78. The Morgan fingerprint density at radius 2 is 2.04 bits per heavy atom. The lowest BCUT2D eigenvalue weighted by Gasteiger charge is -2.19. The molecule has 1 atom stereocenters. The molecule has 8 nitrogen and oxygen atoms in total. The van der Waals surface area contributed by atoms with Crippen molar-refractivity contribution in [2.24, 2.45) is 0 Å². The standard InChI is InChI=1S/C18H20N4O4/c1-25-15-6-5-14(9-16(15)26-2)22-11-13(8-17(22)23)21-18(24)20-12-4-3-7-19-10-12/h3-7,9-10,13H,8,11H2,1-2H3,(H2,20,21,24)/t13-/m1/s1. The summed E-state index contributed by atoms with van der Waals surface area (Å²) in [7, 11) is 3.10. The molecule has 3 rings (SSSR count). The molecule has 0 aliphatic carbocycles. The molecule has 1 saturated heterocycles. The first-order valence-electron chi connectivity index (χ1n) is 8.10. The van der Waals surface area contributed by atoms with Crippen LogP contribution >= 0.6 is 0 Å². The zero-order chi connectivity index (χ0) is 18.5. The molecule has 8 heteroatoms. The van der Waals surface area contributed by atoms with Crippen LogP contribution in [0.4, 0.5) is 16.2 Å². The number of hydrogen-bond donors (Lipinski definition) is 2. The molecule has 1 fully saturated rings. The van der Waals surface area contributed by atoms with Crippen molar-refractivity contribution in [1.82, 2.24) is 10.3 Å². The van der Waals surface area contributed by atoms with E-state index in [1.807, 2.05) is 0 Å². The fraction of sp³-hybridized carbons (Fsp3) is 0.278. The van der Waals surface area contributed by atoms with E-state index in [-0.39, 0.29) is 24.4 Å². The average molecular weight is 356 g/mol. The lowest BCUT2D eigenvalue weighted by molar-refractivity contribution is -0.117. The van der Waals surface area contributed by atoms with Crippen LogP contribution in [0.1, 0.15) is 6.42 Å². The number of hydrogen-bond acceptors (Lipinski definition) is 5. The summed E-state index contributed by atoms with van der Waals surface area (Å²) in [6.45, 7) is 0.384. The second-order valence-electron chi connectivity index (χ2n) is 5.78. The predicted molar refractivity (Wildman–Crippen MR) is 96.7 cm³/mol. The largest absolute Gasteiger partial charge is 0.493 e. The van der Waals surface area contributed by atoms with Crippen molar-refractivity contribution < 1.29 is 19.1 Å². The molecule has 1 aromatic heterocycles. The highest BCUT2D eigenvalue weighted by atomic mass is 16.5. The SMILES string of the molecule is COc1ccc(N2C[C@H](NC(=O)Nc3cccnc3)CC2=O)cc1OC. The molecule has 3 amide bonds. The Kier molecular flexibility index (Phi) is 5.21. The first-order valence-corrected chi connectivity index (χ1v) is 8.10. The topological polar surface area (TPSA) is 92.8 Å². The number of benzene rings is 1. The van der Waals surface area contributed by atoms with E-state index in [2.05, 4.69) is 15.6 Å². The number of methoxy groups -OCH3 is 2. The van der Waals surface area contributed by atoms with E-state index in [9.17, 15) is 9.59 Å². The van der Waals surface area contributed by atoms with Gasteiger partial charge in [-0.1, -0.05) is 0 Å². The quantitative estimate of drug-likeness (QED) is 0.855. The highest BCUT2D eigenvalue weighted by Crippen LogP contribution is 2.33. The lowest BCUT2D eigenvalue weighted by Crippen LogP contribution is -2.39. The minimum Gasteiger partial charge on any atom is -0.493 e. The first-order chi connectivity index (χ1) is 12.6. The Balaban J connectivity index is 1.64. The molecule has 1 aliphatic rings. The van der Waals surface area contributed by atoms with Crippen molar-refractivity contribution in [2.45, 2.75) is 12.5 Å². The van der Waals surface area contributed by atoms with Gasteiger partial charge in [-0.05, 0) is 24.3 Å². The summed E-state index contributed by atoms with van der Waals surface area (Å²) in [5, 5.41) is 5.51. The Morgan fingerprint density at radius 1 is 1.23 bits per heavy atom. The zero-order valence-corrected chi connectivity index (χ0v) is 14.6. The Bertz CT molecular complexity index is 797. The summed E-state index contributed by atoms with van der Waals surface area (Å²) in [6.07, 6.45) is 3.41. The molecule has 0 spiro atoms. The van der Waals surface area contributed by atoms with Gasteiger partial charge in [-0.3, -0.25) is 9.78 Å². The number of aromatic nitrogens is 1. The molecular formula is C18H20N4O4. The molecule has 0 saturated carbocycles. The van der Waals surface area contributed by atoms with Gasteiger partial charge in [0.25, 0.3) is 0 Å². The van der Waals surface area contributed by atoms with Crippen molar-refractivity contribution in [3.05, 3.63) is 42.7 Å². The van der Waals surface area contributed by atoms with Crippen LogP contribution < -0.4 is 25.0 Å². The van der Waals surface area contributed by atoms with Gasteiger partial charge in [0.15, 0.2) is 11.5 Å². The van der Waals surface area contributed by atoms with E-state index in [1.165, 1.54) is 0 Å². The van der Waals surface area contributed by atoms with E-state index >= 15 is 0 Å². The third-order valence-corrected chi connectivity index (χ3v) is 4.06. The third kappa shape index (κ3) is 3.85. The molecule has 1 aromatic carbocycles. The summed E-state index contributed by atoms with van der Waals surface area (Å²) in [5.74, 6) is 1.07. The number of carbonyl (C=O) groups excluding carboxylic acids is 2. The van der Waals surface area contributed by atoms with Crippen LogP contribution in [0.2, 0.25) is 0 Å². The summed E-state index contributed by atoms with van der Waals surface area (Å²) in [5.41, 5.74) is 1.29. The maximum Gasteiger partial charge on any atom is 0.319 e. The summed E-state index contributed by atoms with van der Waals surface area (Å²) < 4.78 is 10.5. The number of ether oxygens (including phenoxy) is 2. The van der Waals surface area contributed by atoms with Crippen LogP contribution in [0, 0.1) is 0 Å². The number of rotatable bonds is 5. The van der Waals surface area contributed by atoms with Crippen molar-refractivity contribution in [2.75, 3.05) is 31.0 Å². The van der Waals surface area contributed by atoms with Gasteiger partial charge >= 0.3 is 6.03 Å². The summed E-state index contributed by atoms with van der Waals surface area (Å²) >= 11 is 0. The number of carbonyl (C=O) groups is 2. The third-order valence-electron chi connectivity index (χ3n) is 4.06. The molecule has 26 heavy (non-hydrogen) atoms. The predicted octanol–water partition coefficient (Wildman–Crippen LogP) is 2.03. The normalized spacial score (nSPS) is 16.3. The number of amides is 3. The summed E-state index contributed by atoms with van der Waals surface area (Å²) in [4.78, 5) is 30.0. The maximum absolute atomic E-state index is 12.4. The number of nitrogens with zero attached hydrogens (tertiary/aromatic N) is 2. The van der Waals surface area contributed by atoms with Crippen LogP contribution in [-0.4, -0.2) is 43.7 Å². The van der Waals surface area contributed by atoms with E-state index in [1.54, 1.807) is 61.8 Å². The van der Waals surface area contributed by atoms with Gasteiger partial charge < -0.3 is 25.0 Å². The second kappa shape index (κ2) is 7.73. The van der Waals surface area contributed by atoms with Gasteiger partial charge in [0.05, 0.1) is 32.1 Å². The fourth-order valence-electron chi connectivity index (χ4n) is 2.84. The van der Waals surface area contributed by atoms with Crippen molar-refractivity contribution >= 4 is 23.3 Å². The molecular weight excluding hydrogens is 336 g/mol. The Morgan fingerprint density at radius 3 is 2.73 bits per heavy atom. The Hall–Kier alpha value is -3.29. The summed E-state index contributed by atoms with van der Waals surface area (Å²) in [6, 6.07) is 8.09. The molecule has 0 unspecified atom stereocenters. The van der Waals surface area contributed by atoms with E-state index in [4.69, 9.17) is 9.47 Å². The van der Waals surface area contributed by atoms with Crippen LogP contribution in [0.15, 0.2) is 42.7 Å². The van der Waals surface area contributed by atoms with Crippen LogP contribution in [0.25, 0.3) is 0 Å². The number of pyridine rings is 1. The zero-order valence-electron chi connectivity index (χ0n) is 14.6. The monoisotopic (exact) mass is 356 g/mol. The van der Waals surface area contributed by atoms with Gasteiger partial charge in [-0.25, -0.2) is 4.79 Å². The van der Waals surface area contributed by atoms with Gasteiger partial charge in [0.2, 0.25) is 5.91 Å². The fourth-order valence-corrected chi connectivity index (χ4v) is 2.84. The van der Waals surface area contributed by atoms with E-state index in [0.29, 0.717) is 29.4 Å². The molecule has 0 bridgehead atoms.